The highest BCUT2D eigenvalue weighted by molar-refractivity contribution is 7.17. The van der Waals surface area contributed by atoms with Crippen molar-refractivity contribution in [2.24, 2.45) is 0 Å². The Balaban J connectivity index is 1.38. The molecule has 3 heterocycles. The van der Waals surface area contributed by atoms with Gasteiger partial charge in [0.05, 0.1) is 27.0 Å². The second-order valence-corrected chi connectivity index (χ2v) is 7.43. The minimum absolute atomic E-state index is 0.0993. The fourth-order valence-electron chi connectivity index (χ4n) is 3.35. The number of aromatic nitrogens is 2. The normalized spacial score (nSPS) is 14.3. The maximum atomic E-state index is 12.4. The summed E-state index contributed by atoms with van der Waals surface area (Å²) < 4.78 is 1.02. The van der Waals surface area contributed by atoms with Crippen molar-refractivity contribution in [2.45, 2.75) is 6.42 Å². The van der Waals surface area contributed by atoms with Gasteiger partial charge >= 0.3 is 0 Å². The third-order valence-corrected chi connectivity index (χ3v) is 5.62. The zero-order valence-corrected chi connectivity index (χ0v) is 15.7. The van der Waals surface area contributed by atoms with Gasteiger partial charge in [0.15, 0.2) is 0 Å². The summed E-state index contributed by atoms with van der Waals surface area (Å²) in [4.78, 5) is 20.8. The van der Waals surface area contributed by atoms with Crippen LogP contribution in [-0.2, 0) is 11.2 Å². The van der Waals surface area contributed by atoms with E-state index >= 15 is 0 Å². The molecule has 1 amide bonds. The number of carbonyl (C=O) groups excluding carboxylic acids is 1. The second kappa shape index (κ2) is 6.90. The number of amides is 1. The van der Waals surface area contributed by atoms with E-state index in [4.69, 9.17) is 0 Å². The Kier molecular flexibility index (Phi) is 4.10. The molecular formula is C22H16N4OS. The molecule has 2 N–H and O–H groups in total. The molecule has 0 bridgehead atoms. The third-order valence-electron chi connectivity index (χ3n) is 4.76. The van der Waals surface area contributed by atoms with Gasteiger partial charge in [0.2, 0.25) is 0 Å². The van der Waals surface area contributed by atoms with Crippen LogP contribution >= 0.6 is 11.3 Å². The van der Waals surface area contributed by atoms with Crippen LogP contribution in [-0.4, -0.2) is 15.9 Å². The largest absolute Gasteiger partial charge is 0.361 e. The van der Waals surface area contributed by atoms with E-state index in [1.165, 1.54) is 11.1 Å². The number of benzene rings is 2. The Hall–Kier alpha value is -3.51. The van der Waals surface area contributed by atoms with Crippen LogP contribution < -0.4 is 10.6 Å². The summed E-state index contributed by atoms with van der Waals surface area (Å²) in [5, 5.41) is 6.19. The molecule has 0 spiro atoms. The zero-order valence-electron chi connectivity index (χ0n) is 14.8. The predicted octanol–water partition coefficient (Wildman–Crippen LogP) is 4.69. The Morgan fingerprint density at radius 1 is 1.00 bits per heavy atom. The zero-order chi connectivity index (χ0) is 18.9. The van der Waals surface area contributed by atoms with E-state index in [1.807, 2.05) is 48.8 Å². The van der Waals surface area contributed by atoms with Gasteiger partial charge in [-0.3, -0.25) is 9.78 Å². The van der Waals surface area contributed by atoms with Gasteiger partial charge in [-0.1, -0.05) is 12.1 Å². The van der Waals surface area contributed by atoms with E-state index in [0.29, 0.717) is 5.57 Å². The number of thiazole rings is 1. The van der Waals surface area contributed by atoms with Gasteiger partial charge in [-0.05, 0) is 53.9 Å². The van der Waals surface area contributed by atoms with Crippen molar-refractivity contribution in [2.75, 3.05) is 10.6 Å². The van der Waals surface area contributed by atoms with Gasteiger partial charge in [-0.15, -0.1) is 11.3 Å². The molecule has 0 fully saturated rings. The number of hydrogen-bond donors (Lipinski definition) is 2. The third kappa shape index (κ3) is 3.04. The number of rotatable bonds is 4. The van der Waals surface area contributed by atoms with Crippen LogP contribution in [0.4, 0.5) is 11.4 Å². The van der Waals surface area contributed by atoms with Crippen molar-refractivity contribution >= 4 is 44.4 Å². The topological polar surface area (TPSA) is 66.9 Å². The summed E-state index contributed by atoms with van der Waals surface area (Å²) in [6.45, 7) is 0. The first kappa shape index (κ1) is 16.6. The molecule has 0 saturated carbocycles. The minimum Gasteiger partial charge on any atom is -0.361 e. The Bertz CT molecular complexity index is 1200. The monoisotopic (exact) mass is 384 g/mol. The summed E-state index contributed by atoms with van der Waals surface area (Å²) >= 11 is 1.55. The lowest BCUT2D eigenvalue weighted by atomic mass is 10.1. The molecule has 2 aromatic carbocycles. The molecule has 1 aliphatic heterocycles. The first-order valence-corrected chi connectivity index (χ1v) is 9.78. The van der Waals surface area contributed by atoms with Crippen LogP contribution in [0.25, 0.3) is 15.8 Å². The number of nitrogens with zero attached hydrogens (tertiary/aromatic N) is 2. The van der Waals surface area contributed by atoms with Crippen LogP contribution in [0.2, 0.25) is 0 Å². The molecule has 0 saturated heterocycles. The summed E-state index contributed by atoms with van der Waals surface area (Å²) in [5.41, 5.74) is 8.49. The molecule has 0 radical (unpaired) electrons. The lowest BCUT2D eigenvalue weighted by Gasteiger charge is -2.06. The van der Waals surface area contributed by atoms with Crippen LogP contribution in [0.15, 0.2) is 72.6 Å². The van der Waals surface area contributed by atoms with Gasteiger partial charge in [0.1, 0.15) is 0 Å². The fraction of sp³-hybridized carbons (Fsp3) is 0.0455. The van der Waals surface area contributed by atoms with E-state index in [2.05, 4.69) is 32.7 Å². The first-order chi connectivity index (χ1) is 13.8. The number of nitrogens with one attached hydrogen (secondary N) is 2. The lowest BCUT2D eigenvalue weighted by Crippen LogP contribution is -2.05. The van der Waals surface area contributed by atoms with Crippen molar-refractivity contribution in [3.8, 4) is 0 Å². The number of anilines is 2. The molecule has 6 heteroatoms. The summed E-state index contributed by atoms with van der Waals surface area (Å²) in [7, 11) is 0. The SMILES string of the molecule is O=C1Nc2ccc3ncsc3c2/C1=C/Nc1ccc(Cc2ccncc2)cc1. The van der Waals surface area contributed by atoms with Gasteiger partial charge in [-0.25, -0.2) is 4.98 Å². The molecule has 28 heavy (non-hydrogen) atoms. The Morgan fingerprint density at radius 3 is 2.61 bits per heavy atom. The fourth-order valence-corrected chi connectivity index (χ4v) is 4.20. The van der Waals surface area contributed by atoms with E-state index in [1.54, 1.807) is 23.0 Å². The maximum absolute atomic E-state index is 12.4. The molecule has 0 unspecified atom stereocenters. The van der Waals surface area contributed by atoms with Crippen molar-refractivity contribution < 1.29 is 4.79 Å². The smallest absolute Gasteiger partial charge is 0.257 e. The summed E-state index contributed by atoms with van der Waals surface area (Å²) in [6, 6.07) is 16.1. The highest BCUT2D eigenvalue weighted by Gasteiger charge is 2.27. The maximum Gasteiger partial charge on any atom is 0.257 e. The number of carbonyl (C=O) groups is 1. The number of hydrogen-bond acceptors (Lipinski definition) is 5. The molecule has 0 atom stereocenters. The average molecular weight is 384 g/mol. The number of pyridine rings is 1. The second-order valence-electron chi connectivity index (χ2n) is 6.57. The Labute approximate surface area is 165 Å². The summed E-state index contributed by atoms with van der Waals surface area (Å²) in [6.07, 6.45) is 6.26. The van der Waals surface area contributed by atoms with Crippen LogP contribution in [0, 0.1) is 0 Å². The van der Waals surface area contributed by atoms with Gasteiger partial charge in [0, 0.05) is 29.8 Å². The molecule has 4 aromatic rings. The molecule has 1 aliphatic rings. The number of fused-ring (bicyclic) bond motifs is 3. The van der Waals surface area contributed by atoms with Gasteiger partial charge < -0.3 is 10.6 Å². The van der Waals surface area contributed by atoms with Gasteiger partial charge in [-0.2, -0.15) is 0 Å². The van der Waals surface area contributed by atoms with Crippen molar-refractivity contribution in [3.05, 3.63) is 89.3 Å². The minimum atomic E-state index is -0.0993. The molecule has 2 aromatic heterocycles. The predicted molar refractivity (Wildman–Crippen MR) is 113 cm³/mol. The molecular weight excluding hydrogens is 368 g/mol. The van der Waals surface area contributed by atoms with E-state index in [-0.39, 0.29) is 5.91 Å². The standard InChI is InChI=1S/C22H16N4OS/c27-22-17(20-18(26-22)5-6-19-21(20)28-13-25-19)12-24-16-3-1-14(2-4-16)11-15-7-9-23-10-8-15/h1-10,12-13,24H,11H2,(H,26,27)/b17-12-. The summed E-state index contributed by atoms with van der Waals surface area (Å²) in [5.74, 6) is -0.0993. The highest BCUT2D eigenvalue weighted by atomic mass is 32.1. The quantitative estimate of drug-likeness (QED) is 0.501. The van der Waals surface area contributed by atoms with E-state index < -0.39 is 0 Å². The van der Waals surface area contributed by atoms with E-state index in [9.17, 15) is 4.79 Å². The first-order valence-electron chi connectivity index (χ1n) is 8.90. The Morgan fingerprint density at radius 2 is 1.79 bits per heavy atom. The lowest BCUT2D eigenvalue weighted by molar-refractivity contribution is -0.110. The van der Waals surface area contributed by atoms with Crippen LogP contribution in [0.3, 0.4) is 0 Å². The van der Waals surface area contributed by atoms with Crippen molar-refractivity contribution in [3.63, 3.8) is 0 Å². The molecule has 5 nitrogen and oxygen atoms in total. The van der Waals surface area contributed by atoms with E-state index in [0.717, 1.165) is 33.6 Å². The van der Waals surface area contributed by atoms with Crippen molar-refractivity contribution in [1.82, 2.24) is 9.97 Å². The van der Waals surface area contributed by atoms with Crippen LogP contribution in [0.5, 0.6) is 0 Å². The highest BCUT2D eigenvalue weighted by Crippen LogP contribution is 2.39. The van der Waals surface area contributed by atoms with Crippen LogP contribution in [0.1, 0.15) is 16.7 Å². The molecule has 0 aliphatic carbocycles. The molecule has 136 valence electrons. The average Bonchev–Trinajstić information content (AvgIpc) is 3.32. The van der Waals surface area contributed by atoms with Gasteiger partial charge in [0.25, 0.3) is 5.91 Å². The van der Waals surface area contributed by atoms with Crippen molar-refractivity contribution in [1.29, 1.82) is 0 Å². The molecule has 5 rings (SSSR count).